The summed E-state index contributed by atoms with van der Waals surface area (Å²) in [6.45, 7) is 1.49. The Labute approximate surface area is 71.3 Å². The summed E-state index contributed by atoms with van der Waals surface area (Å²) in [6.07, 6.45) is 3.06. The van der Waals surface area contributed by atoms with Crippen molar-refractivity contribution in [2.45, 2.75) is 6.92 Å². The first-order chi connectivity index (χ1) is 5.61. The highest BCUT2D eigenvalue weighted by molar-refractivity contribution is 5.93. The number of carbonyl (C=O) groups is 1. The maximum atomic E-state index is 10.8. The van der Waals surface area contributed by atoms with Gasteiger partial charge >= 0.3 is 0 Å². The van der Waals surface area contributed by atoms with Crippen LogP contribution in [-0.2, 0) is 0 Å². The zero-order valence-corrected chi connectivity index (χ0v) is 7.40. The van der Waals surface area contributed by atoms with Crippen molar-refractivity contribution >= 4 is 11.7 Å². The van der Waals surface area contributed by atoms with E-state index in [0.717, 1.165) is 0 Å². The Kier molecular flexibility index (Phi) is 2.38. The van der Waals surface area contributed by atoms with Crippen LogP contribution >= 0.6 is 0 Å². The number of Topliss-reactive ketones (excluding diaryl/α,β-unsaturated/α-hetero) is 1. The predicted octanol–water partition coefficient (Wildman–Crippen LogP) is 0.745. The van der Waals surface area contributed by atoms with Gasteiger partial charge in [0.15, 0.2) is 5.78 Å². The second kappa shape index (κ2) is 3.30. The van der Waals surface area contributed by atoms with Gasteiger partial charge in [-0.2, -0.15) is 0 Å². The number of carbonyl (C=O) groups excluding carboxylic acids is 1. The second-order valence-corrected chi connectivity index (χ2v) is 2.72. The van der Waals surface area contributed by atoms with Gasteiger partial charge in [-0.25, -0.2) is 9.97 Å². The van der Waals surface area contributed by atoms with Crippen LogP contribution in [-0.4, -0.2) is 29.8 Å². The zero-order chi connectivity index (χ0) is 9.14. The molecule has 0 unspecified atom stereocenters. The van der Waals surface area contributed by atoms with E-state index in [1.807, 2.05) is 14.1 Å². The molecule has 0 bridgehead atoms. The zero-order valence-electron chi connectivity index (χ0n) is 7.40. The standard InChI is InChI=1S/C8H11N3O/c1-6(12)7-4-9-8(10-5-7)11(2)3/h4-5H,1-3H3. The van der Waals surface area contributed by atoms with Crippen LogP contribution in [0.4, 0.5) is 5.95 Å². The molecular formula is C8H11N3O. The van der Waals surface area contributed by atoms with E-state index < -0.39 is 0 Å². The summed E-state index contributed by atoms with van der Waals surface area (Å²) in [5, 5.41) is 0. The molecule has 1 aromatic rings. The topological polar surface area (TPSA) is 46.1 Å². The Morgan fingerprint density at radius 2 is 1.83 bits per heavy atom. The minimum absolute atomic E-state index is 0.0136. The maximum Gasteiger partial charge on any atom is 0.224 e. The molecule has 0 N–H and O–H groups in total. The van der Waals surface area contributed by atoms with Crippen LogP contribution in [0.5, 0.6) is 0 Å². The Morgan fingerprint density at radius 3 is 2.17 bits per heavy atom. The van der Waals surface area contributed by atoms with Gasteiger partial charge in [-0.3, -0.25) is 4.79 Å². The average Bonchev–Trinajstić information content (AvgIpc) is 2.04. The van der Waals surface area contributed by atoms with Crippen LogP contribution in [0.3, 0.4) is 0 Å². The predicted molar refractivity (Wildman–Crippen MR) is 46.4 cm³/mol. The second-order valence-electron chi connectivity index (χ2n) is 2.72. The lowest BCUT2D eigenvalue weighted by Crippen LogP contribution is -2.12. The van der Waals surface area contributed by atoms with Crippen LogP contribution in [0.15, 0.2) is 12.4 Å². The summed E-state index contributed by atoms with van der Waals surface area (Å²) in [6, 6.07) is 0. The number of anilines is 1. The van der Waals surface area contributed by atoms with Crippen LogP contribution in [0.25, 0.3) is 0 Å². The first kappa shape index (κ1) is 8.64. The third kappa shape index (κ3) is 1.78. The summed E-state index contributed by atoms with van der Waals surface area (Å²) in [7, 11) is 3.70. The monoisotopic (exact) mass is 165 g/mol. The third-order valence-electron chi connectivity index (χ3n) is 1.44. The molecule has 0 saturated heterocycles. The van der Waals surface area contributed by atoms with Gasteiger partial charge in [-0.05, 0) is 6.92 Å². The van der Waals surface area contributed by atoms with Crippen molar-refractivity contribution in [2.24, 2.45) is 0 Å². The fraction of sp³-hybridized carbons (Fsp3) is 0.375. The molecule has 0 spiro atoms. The molecule has 1 rings (SSSR count). The minimum atomic E-state index is -0.0136. The van der Waals surface area contributed by atoms with Crippen molar-refractivity contribution < 1.29 is 4.79 Å². The molecule has 12 heavy (non-hydrogen) atoms. The number of aromatic nitrogens is 2. The highest BCUT2D eigenvalue weighted by Gasteiger charge is 2.01. The Bertz CT molecular complexity index is 279. The van der Waals surface area contributed by atoms with Gasteiger partial charge in [0.1, 0.15) is 0 Å². The lowest BCUT2D eigenvalue weighted by atomic mass is 10.2. The summed E-state index contributed by atoms with van der Waals surface area (Å²) in [5.41, 5.74) is 0.542. The van der Waals surface area contributed by atoms with E-state index in [1.165, 1.54) is 19.3 Å². The molecule has 0 aliphatic rings. The molecule has 0 fully saturated rings. The normalized spacial score (nSPS) is 9.58. The summed E-state index contributed by atoms with van der Waals surface area (Å²) < 4.78 is 0. The number of nitrogens with zero attached hydrogens (tertiary/aromatic N) is 3. The number of hydrogen-bond acceptors (Lipinski definition) is 4. The molecule has 0 aromatic carbocycles. The van der Waals surface area contributed by atoms with E-state index in [2.05, 4.69) is 9.97 Å². The van der Waals surface area contributed by atoms with Crippen LogP contribution in [0.2, 0.25) is 0 Å². The molecule has 0 amide bonds. The van der Waals surface area contributed by atoms with Crippen molar-refractivity contribution in [1.29, 1.82) is 0 Å². The summed E-state index contributed by atoms with van der Waals surface area (Å²) in [5.74, 6) is 0.598. The molecule has 0 radical (unpaired) electrons. The fourth-order valence-corrected chi connectivity index (χ4v) is 0.734. The van der Waals surface area contributed by atoms with Gasteiger partial charge in [0.05, 0.1) is 5.56 Å². The molecular weight excluding hydrogens is 154 g/mol. The molecule has 0 aliphatic carbocycles. The summed E-state index contributed by atoms with van der Waals surface area (Å²) in [4.78, 5) is 20.6. The quantitative estimate of drug-likeness (QED) is 0.606. The Hall–Kier alpha value is -1.45. The molecule has 0 saturated carbocycles. The van der Waals surface area contributed by atoms with E-state index >= 15 is 0 Å². The SMILES string of the molecule is CC(=O)c1cnc(N(C)C)nc1. The van der Waals surface area contributed by atoms with Crippen molar-refractivity contribution in [2.75, 3.05) is 19.0 Å². The third-order valence-corrected chi connectivity index (χ3v) is 1.44. The van der Waals surface area contributed by atoms with E-state index in [4.69, 9.17) is 0 Å². The first-order valence-corrected chi connectivity index (χ1v) is 3.61. The largest absolute Gasteiger partial charge is 0.347 e. The van der Waals surface area contributed by atoms with Crippen LogP contribution in [0, 0.1) is 0 Å². The van der Waals surface area contributed by atoms with Gasteiger partial charge in [-0.1, -0.05) is 0 Å². The lowest BCUT2D eigenvalue weighted by Gasteiger charge is -2.08. The highest BCUT2D eigenvalue weighted by Crippen LogP contribution is 2.02. The smallest absolute Gasteiger partial charge is 0.224 e. The number of ketones is 1. The van der Waals surface area contributed by atoms with Gasteiger partial charge in [0, 0.05) is 26.5 Å². The lowest BCUT2D eigenvalue weighted by molar-refractivity contribution is 0.101. The molecule has 1 aromatic heterocycles. The van der Waals surface area contributed by atoms with Gasteiger partial charge in [-0.15, -0.1) is 0 Å². The molecule has 1 heterocycles. The number of hydrogen-bond donors (Lipinski definition) is 0. The first-order valence-electron chi connectivity index (χ1n) is 3.61. The molecule has 64 valence electrons. The van der Waals surface area contributed by atoms with Crippen molar-refractivity contribution in [1.82, 2.24) is 9.97 Å². The fourth-order valence-electron chi connectivity index (χ4n) is 0.734. The van der Waals surface area contributed by atoms with Crippen LogP contribution in [0.1, 0.15) is 17.3 Å². The molecule has 4 nitrogen and oxygen atoms in total. The minimum Gasteiger partial charge on any atom is -0.347 e. The van der Waals surface area contributed by atoms with E-state index in [0.29, 0.717) is 11.5 Å². The number of rotatable bonds is 2. The van der Waals surface area contributed by atoms with Gasteiger partial charge < -0.3 is 4.90 Å². The molecule has 0 aliphatic heterocycles. The maximum absolute atomic E-state index is 10.8. The summed E-state index contributed by atoms with van der Waals surface area (Å²) >= 11 is 0. The van der Waals surface area contributed by atoms with E-state index in [9.17, 15) is 4.79 Å². The average molecular weight is 165 g/mol. The van der Waals surface area contributed by atoms with Gasteiger partial charge in [0.2, 0.25) is 5.95 Å². The Balaban J connectivity index is 2.93. The van der Waals surface area contributed by atoms with E-state index in [1.54, 1.807) is 4.90 Å². The van der Waals surface area contributed by atoms with Crippen molar-refractivity contribution in [3.05, 3.63) is 18.0 Å². The molecule has 0 atom stereocenters. The van der Waals surface area contributed by atoms with Crippen molar-refractivity contribution in [3.63, 3.8) is 0 Å². The van der Waals surface area contributed by atoms with Crippen LogP contribution < -0.4 is 4.90 Å². The Morgan fingerprint density at radius 1 is 1.33 bits per heavy atom. The molecule has 4 heteroatoms. The van der Waals surface area contributed by atoms with E-state index in [-0.39, 0.29) is 5.78 Å². The van der Waals surface area contributed by atoms with Gasteiger partial charge in [0.25, 0.3) is 0 Å². The highest BCUT2D eigenvalue weighted by atomic mass is 16.1. The van der Waals surface area contributed by atoms with Crippen molar-refractivity contribution in [3.8, 4) is 0 Å².